The van der Waals surface area contributed by atoms with Gasteiger partial charge in [-0.25, -0.2) is 9.59 Å². The zero-order valence-corrected chi connectivity index (χ0v) is 11.6. The molecule has 2 amide bonds. The van der Waals surface area contributed by atoms with Gasteiger partial charge in [0.25, 0.3) is 0 Å². The second-order valence-corrected chi connectivity index (χ2v) is 5.53. The molecule has 0 saturated heterocycles. The molecule has 1 aliphatic carbocycles. The number of hydrogen-bond acceptors (Lipinski definition) is 2. The van der Waals surface area contributed by atoms with E-state index in [0.29, 0.717) is 24.4 Å². The molecule has 0 bridgehead atoms. The molecule has 0 spiro atoms. The van der Waals surface area contributed by atoms with Gasteiger partial charge < -0.3 is 15.7 Å². The van der Waals surface area contributed by atoms with E-state index in [4.69, 9.17) is 0 Å². The first-order valence-corrected chi connectivity index (χ1v) is 6.89. The van der Waals surface area contributed by atoms with E-state index in [1.54, 1.807) is 12.1 Å². The molecule has 0 radical (unpaired) electrons. The third-order valence-corrected chi connectivity index (χ3v) is 3.79. The minimum Gasteiger partial charge on any atom is -0.480 e. The summed E-state index contributed by atoms with van der Waals surface area (Å²) in [6.07, 6.45) is 2.79. The van der Waals surface area contributed by atoms with Gasteiger partial charge in [0.2, 0.25) is 0 Å². The Bertz CT molecular complexity index is 489. The molecule has 2 atom stereocenters. The molecule has 5 nitrogen and oxygen atoms in total. The fourth-order valence-corrected chi connectivity index (χ4v) is 2.81. The number of carboxylic acids is 1. The average Bonchev–Trinajstić information content (AvgIpc) is 2.39. The summed E-state index contributed by atoms with van der Waals surface area (Å²) in [5, 5.41) is 14.8. The van der Waals surface area contributed by atoms with Crippen LogP contribution in [-0.4, -0.2) is 22.6 Å². The molecule has 3 N–H and O–H groups in total. The first kappa shape index (κ1) is 14.4. The number of para-hydroxylation sites is 1. The SMILES string of the molecule is CC1CCCC(NC(=O)Nc2ccccc2)(C(=O)O)C1. The van der Waals surface area contributed by atoms with Gasteiger partial charge in [0, 0.05) is 5.69 Å². The Morgan fingerprint density at radius 3 is 2.60 bits per heavy atom. The lowest BCUT2D eigenvalue weighted by atomic mass is 9.76. The molecule has 0 heterocycles. The summed E-state index contributed by atoms with van der Waals surface area (Å²) in [5.74, 6) is -0.649. The topological polar surface area (TPSA) is 78.4 Å². The first-order valence-electron chi connectivity index (χ1n) is 6.89. The summed E-state index contributed by atoms with van der Waals surface area (Å²) in [4.78, 5) is 23.6. The highest BCUT2D eigenvalue weighted by Crippen LogP contribution is 2.32. The van der Waals surface area contributed by atoms with E-state index in [0.717, 1.165) is 12.8 Å². The van der Waals surface area contributed by atoms with Crippen LogP contribution in [0.4, 0.5) is 10.5 Å². The third-order valence-electron chi connectivity index (χ3n) is 3.79. The van der Waals surface area contributed by atoms with Crippen LogP contribution < -0.4 is 10.6 Å². The van der Waals surface area contributed by atoms with Crippen LogP contribution in [0.3, 0.4) is 0 Å². The Labute approximate surface area is 118 Å². The van der Waals surface area contributed by atoms with Gasteiger partial charge in [-0.2, -0.15) is 0 Å². The average molecular weight is 276 g/mol. The molecular formula is C15H20N2O3. The number of carbonyl (C=O) groups is 2. The second-order valence-electron chi connectivity index (χ2n) is 5.53. The normalized spacial score (nSPS) is 25.8. The number of benzene rings is 1. The number of carbonyl (C=O) groups excluding carboxylic acids is 1. The minimum absolute atomic E-state index is 0.303. The molecular weight excluding hydrogens is 256 g/mol. The number of hydrogen-bond donors (Lipinski definition) is 3. The van der Waals surface area contributed by atoms with E-state index >= 15 is 0 Å². The van der Waals surface area contributed by atoms with Crippen LogP contribution in [0.25, 0.3) is 0 Å². The summed E-state index contributed by atoms with van der Waals surface area (Å²) >= 11 is 0. The quantitative estimate of drug-likeness (QED) is 0.794. The van der Waals surface area contributed by atoms with Crippen LogP contribution in [0, 0.1) is 5.92 Å². The van der Waals surface area contributed by atoms with Gasteiger partial charge in [0.15, 0.2) is 0 Å². The van der Waals surface area contributed by atoms with E-state index in [2.05, 4.69) is 10.6 Å². The van der Waals surface area contributed by atoms with Crippen molar-refractivity contribution in [1.82, 2.24) is 5.32 Å². The van der Waals surface area contributed by atoms with Crippen LogP contribution in [0.2, 0.25) is 0 Å². The molecule has 1 saturated carbocycles. The minimum atomic E-state index is -1.14. The van der Waals surface area contributed by atoms with Crippen molar-refractivity contribution in [3.63, 3.8) is 0 Å². The van der Waals surface area contributed by atoms with Crippen molar-refractivity contribution in [3.8, 4) is 0 Å². The summed E-state index contributed by atoms with van der Waals surface area (Å²) in [7, 11) is 0. The van der Waals surface area contributed by atoms with Crippen molar-refractivity contribution < 1.29 is 14.7 Å². The maximum absolute atomic E-state index is 12.0. The number of anilines is 1. The Morgan fingerprint density at radius 2 is 2.00 bits per heavy atom. The summed E-state index contributed by atoms with van der Waals surface area (Å²) in [6.45, 7) is 2.02. The van der Waals surface area contributed by atoms with Crippen LogP contribution in [0.15, 0.2) is 30.3 Å². The molecule has 1 aromatic rings. The number of amides is 2. The van der Waals surface area contributed by atoms with E-state index in [1.165, 1.54) is 0 Å². The predicted octanol–water partition coefficient (Wildman–Crippen LogP) is 2.84. The van der Waals surface area contributed by atoms with Gasteiger partial charge in [0.1, 0.15) is 5.54 Å². The fourth-order valence-electron chi connectivity index (χ4n) is 2.81. The molecule has 0 aromatic heterocycles. The molecule has 1 aliphatic rings. The molecule has 2 rings (SSSR count). The van der Waals surface area contributed by atoms with Gasteiger partial charge in [-0.05, 0) is 30.9 Å². The first-order chi connectivity index (χ1) is 9.52. The van der Waals surface area contributed by atoms with Crippen LogP contribution in [0.1, 0.15) is 32.6 Å². The monoisotopic (exact) mass is 276 g/mol. The van der Waals surface area contributed by atoms with Gasteiger partial charge in [-0.3, -0.25) is 0 Å². The number of rotatable bonds is 3. The second kappa shape index (κ2) is 5.94. The molecule has 1 fully saturated rings. The van der Waals surface area contributed by atoms with Crippen LogP contribution in [0.5, 0.6) is 0 Å². The van der Waals surface area contributed by atoms with Crippen molar-refractivity contribution in [1.29, 1.82) is 0 Å². The van der Waals surface area contributed by atoms with Crippen LogP contribution >= 0.6 is 0 Å². The van der Waals surface area contributed by atoms with Gasteiger partial charge >= 0.3 is 12.0 Å². The summed E-state index contributed by atoms with van der Waals surface area (Å²) in [5.41, 5.74) is -0.495. The van der Waals surface area contributed by atoms with Crippen molar-refractivity contribution in [2.45, 2.75) is 38.1 Å². The van der Waals surface area contributed by atoms with Crippen molar-refractivity contribution >= 4 is 17.7 Å². The molecule has 20 heavy (non-hydrogen) atoms. The molecule has 1 aromatic carbocycles. The summed E-state index contributed by atoms with van der Waals surface area (Å²) < 4.78 is 0. The highest BCUT2D eigenvalue weighted by atomic mass is 16.4. The standard InChI is InChI=1S/C15H20N2O3/c1-11-6-5-9-15(10-11,13(18)19)17-14(20)16-12-7-3-2-4-8-12/h2-4,7-8,11H,5-6,9-10H2,1H3,(H,18,19)(H2,16,17,20). The molecule has 108 valence electrons. The lowest BCUT2D eigenvalue weighted by Gasteiger charge is -2.36. The Hall–Kier alpha value is -2.04. The molecule has 2 unspecified atom stereocenters. The van der Waals surface area contributed by atoms with E-state index < -0.39 is 17.5 Å². The predicted molar refractivity (Wildman–Crippen MR) is 76.6 cm³/mol. The number of carboxylic acid groups (broad SMARTS) is 1. The highest BCUT2D eigenvalue weighted by Gasteiger charge is 2.43. The molecule has 0 aliphatic heterocycles. The Kier molecular flexibility index (Phi) is 4.27. The Balaban J connectivity index is 2.05. The largest absolute Gasteiger partial charge is 0.480 e. The Morgan fingerprint density at radius 1 is 1.30 bits per heavy atom. The van der Waals surface area contributed by atoms with Gasteiger partial charge in [-0.15, -0.1) is 0 Å². The maximum Gasteiger partial charge on any atom is 0.329 e. The van der Waals surface area contributed by atoms with Crippen LogP contribution in [-0.2, 0) is 4.79 Å². The maximum atomic E-state index is 12.0. The molecule has 5 heteroatoms. The third kappa shape index (κ3) is 3.29. The number of urea groups is 1. The summed E-state index contributed by atoms with van der Waals surface area (Å²) in [6, 6.07) is 8.53. The zero-order chi connectivity index (χ0) is 14.6. The van der Waals surface area contributed by atoms with E-state index in [1.807, 2.05) is 25.1 Å². The van der Waals surface area contributed by atoms with Crippen molar-refractivity contribution in [2.24, 2.45) is 5.92 Å². The van der Waals surface area contributed by atoms with E-state index in [9.17, 15) is 14.7 Å². The fraction of sp³-hybridized carbons (Fsp3) is 0.467. The van der Waals surface area contributed by atoms with Gasteiger partial charge in [0.05, 0.1) is 0 Å². The van der Waals surface area contributed by atoms with Gasteiger partial charge in [-0.1, -0.05) is 38.0 Å². The van der Waals surface area contributed by atoms with Crippen molar-refractivity contribution in [2.75, 3.05) is 5.32 Å². The highest BCUT2D eigenvalue weighted by molar-refractivity contribution is 5.93. The lowest BCUT2D eigenvalue weighted by molar-refractivity contribution is -0.146. The smallest absolute Gasteiger partial charge is 0.329 e. The number of aliphatic carboxylic acids is 1. The van der Waals surface area contributed by atoms with E-state index in [-0.39, 0.29) is 0 Å². The number of nitrogens with one attached hydrogen (secondary N) is 2. The zero-order valence-electron chi connectivity index (χ0n) is 11.6. The van der Waals surface area contributed by atoms with Crippen molar-refractivity contribution in [3.05, 3.63) is 30.3 Å². The lowest BCUT2D eigenvalue weighted by Crippen LogP contribution is -2.57.